The number of benzene rings is 1. The third-order valence-corrected chi connectivity index (χ3v) is 4.80. The molecule has 118 valence electrons. The summed E-state index contributed by atoms with van der Waals surface area (Å²) in [5.74, 6) is 0.132. The van der Waals surface area contributed by atoms with E-state index in [1.54, 1.807) is 0 Å². The van der Waals surface area contributed by atoms with Crippen LogP contribution >= 0.6 is 0 Å². The molecule has 1 amide bonds. The van der Waals surface area contributed by atoms with Crippen molar-refractivity contribution in [3.63, 3.8) is 0 Å². The van der Waals surface area contributed by atoms with E-state index in [1.165, 1.54) is 11.1 Å². The highest BCUT2D eigenvalue weighted by Gasteiger charge is 2.39. The SMILES string of the molecule is CCC(C1CC1)C(C#N)C(=O)NC(C)c1ccc(C)cc1C. The summed E-state index contributed by atoms with van der Waals surface area (Å²) in [6.07, 6.45) is 3.22. The first-order chi connectivity index (χ1) is 10.5. The molecule has 2 rings (SSSR count). The van der Waals surface area contributed by atoms with E-state index in [1.807, 2.05) is 6.92 Å². The zero-order valence-electron chi connectivity index (χ0n) is 14.0. The Labute approximate surface area is 133 Å². The molecule has 0 heterocycles. The molecule has 0 aliphatic heterocycles. The Balaban J connectivity index is 2.07. The minimum absolute atomic E-state index is 0.0688. The van der Waals surface area contributed by atoms with Crippen LogP contribution in [0.5, 0.6) is 0 Å². The van der Waals surface area contributed by atoms with Crippen LogP contribution in [0.4, 0.5) is 0 Å². The van der Waals surface area contributed by atoms with Crippen LogP contribution in [0.25, 0.3) is 0 Å². The molecule has 22 heavy (non-hydrogen) atoms. The maximum absolute atomic E-state index is 12.5. The Hall–Kier alpha value is -1.82. The number of aryl methyl sites for hydroxylation is 2. The van der Waals surface area contributed by atoms with Gasteiger partial charge >= 0.3 is 0 Å². The lowest BCUT2D eigenvalue weighted by molar-refractivity contribution is -0.125. The number of rotatable bonds is 6. The maximum Gasteiger partial charge on any atom is 0.238 e. The Morgan fingerprint density at radius 2 is 2.09 bits per heavy atom. The van der Waals surface area contributed by atoms with E-state index in [2.05, 4.69) is 50.4 Å². The van der Waals surface area contributed by atoms with E-state index < -0.39 is 5.92 Å². The third-order valence-electron chi connectivity index (χ3n) is 4.80. The molecular weight excluding hydrogens is 272 g/mol. The first kappa shape index (κ1) is 16.5. The van der Waals surface area contributed by atoms with Crippen molar-refractivity contribution in [2.24, 2.45) is 17.8 Å². The van der Waals surface area contributed by atoms with Gasteiger partial charge in [-0.1, -0.05) is 37.1 Å². The molecule has 1 fully saturated rings. The fourth-order valence-corrected chi connectivity index (χ4v) is 3.41. The number of nitriles is 1. The molecule has 0 aromatic heterocycles. The van der Waals surface area contributed by atoms with E-state index in [9.17, 15) is 10.1 Å². The van der Waals surface area contributed by atoms with Gasteiger partial charge in [-0.3, -0.25) is 4.79 Å². The molecule has 1 aliphatic carbocycles. The van der Waals surface area contributed by atoms with E-state index >= 15 is 0 Å². The van der Waals surface area contributed by atoms with Crippen LogP contribution in [-0.4, -0.2) is 5.91 Å². The number of nitrogens with zero attached hydrogens (tertiary/aromatic N) is 1. The number of amides is 1. The van der Waals surface area contributed by atoms with Crippen LogP contribution in [0.15, 0.2) is 18.2 Å². The van der Waals surface area contributed by atoms with Gasteiger partial charge in [0.25, 0.3) is 0 Å². The maximum atomic E-state index is 12.5. The predicted molar refractivity (Wildman–Crippen MR) is 88.1 cm³/mol. The van der Waals surface area contributed by atoms with Crippen molar-refractivity contribution in [1.82, 2.24) is 5.32 Å². The molecule has 0 bridgehead atoms. The third kappa shape index (κ3) is 3.68. The van der Waals surface area contributed by atoms with Gasteiger partial charge in [-0.2, -0.15) is 5.26 Å². The zero-order valence-corrected chi connectivity index (χ0v) is 14.0. The monoisotopic (exact) mass is 298 g/mol. The van der Waals surface area contributed by atoms with Crippen LogP contribution in [0.1, 0.15) is 55.8 Å². The van der Waals surface area contributed by atoms with Crippen molar-refractivity contribution in [2.75, 3.05) is 0 Å². The molecule has 3 heteroatoms. The Kier molecular flexibility index (Phi) is 5.24. The number of hydrogen-bond acceptors (Lipinski definition) is 2. The molecule has 3 atom stereocenters. The topological polar surface area (TPSA) is 52.9 Å². The van der Waals surface area contributed by atoms with Crippen LogP contribution in [0, 0.1) is 42.9 Å². The van der Waals surface area contributed by atoms with Gasteiger partial charge in [-0.05, 0) is 56.6 Å². The Morgan fingerprint density at radius 1 is 1.41 bits per heavy atom. The first-order valence-corrected chi connectivity index (χ1v) is 8.25. The first-order valence-electron chi connectivity index (χ1n) is 8.25. The molecule has 1 saturated carbocycles. The van der Waals surface area contributed by atoms with Crippen molar-refractivity contribution < 1.29 is 4.79 Å². The summed E-state index contributed by atoms with van der Waals surface area (Å²) in [6.45, 7) is 8.19. The highest BCUT2D eigenvalue weighted by atomic mass is 16.1. The standard InChI is InChI=1S/C19H26N2O/c1-5-16(15-7-8-15)18(11-20)19(22)21-14(4)17-9-6-12(2)10-13(17)3/h6,9-10,14-16,18H,5,7-8H2,1-4H3,(H,21,22). The lowest BCUT2D eigenvalue weighted by atomic mass is 9.86. The van der Waals surface area contributed by atoms with Crippen LogP contribution in [-0.2, 0) is 4.79 Å². The molecular formula is C19H26N2O. The van der Waals surface area contributed by atoms with E-state index in [-0.39, 0.29) is 17.9 Å². The zero-order chi connectivity index (χ0) is 16.3. The average molecular weight is 298 g/mol. The lowest BCUT2D eigenvalue weighted by Crippen LogP contribution is -2.36. The van der Waals surface area contributed by atoms with Crippen molar-refractivity contribution >= 4 is 5.91 Å². The minimum Gasteiger partial charge on any atom is -0.348 e. The molecule has 1 N–H and O–H groups in total. The minimum atomic E-state index is -0.522. The summed E-state index contributed by atoms with van der Waals surface area (Å²) < 4.78 is 0. The van der Waals surface area contributed by atoms with Gasteiger partial charge in [-0.15, -0.1) is 0 Å². The van der Waals surface area contributed by atoms with Gasteiger partial charge in [0.1, 0.15) is 5.92 Å². The number of nitrogens with one attached hydrogen (secondary N) is 1. The van der Waals surface area contributed by atoms with Gasteiger partial charge in [0.05, 0.1) is 12.1 Å². The molecule has 3 nitrogen and oxygen atoms in total. The normalized spacial score (nSPS) is 18.1. The fraction of sp³-hybridized carbons (Fsp3) is 0.579. The van der Waals surface area contributed by atoms with Crippen LogP contribution in [0.3, 0.4) is 0 Å². The highest BCUT2D eigenvalue weighted by molar-refractivity contribution is 5.82. The number of hydrogen-bond donors (Lipinski definition) is 1. The quantitative estimate of drug-likeness (QED) is 0.861. The van der Waals surface area contributed by atoms with Crippen molar-refractivity contribution in [1.29, 1.82) is 5.26 Å². The summed E-state index contributed by atoms with van der Waals surface area (Å²) in [4.78, 5) is 12.5. The molecule has 0 saturated heterocycles. The van der Waals surface area contributed by atoms with Crippen LogP contribution in [0.2, 0.25) is 0 Å². The van der Waals surface area contributed by atoms with E-state index in [0.717, 1.165) is 24.8 Å². The molecule has 0 spiro atoms. The van der Waals surface area contributed by atoms with Crippen LogP contribution < -0.4 is 5.32 Å². The average Bonchev–Trinajstić information content (AvgIpc) is 3.28. The Bertz CT molecular complexity index is 584. The predicted octanol–water partition coefficient (Wildman–Crippen LogP) is 4.06. The largest absolute Gasteiger partial charge is 0.348 e. The van der Waals surface area contributed by atoms with Gasteiger partial charge in [-0.25, -0.2) is 0 Å². The number of carbonyl (C=O) groups is 1. The summed E-state index contributed by atoms with van der Waals surface area (Å²) in [6, 6.07) is 8.42. The van der Waals surface area contributed by atoms with E-state index in [0.29, 0.717) is 5.92 Å². The lowest BCUT2D eigenvalue weighted by Gasteiger charge is -2.23. The second-order valence-corrected chi connectivity index (χ2v) is 6.61. The van der Waals surface area contributed by atoms with Gasteiger partial charge < -0.3 is 5.32 Å². The smallest absolute Gasteiger partial charge is 0.238 e. The van der Waals surface area contributed by atoms with Crippen molar-refractivity contribution in [3.05, 3.63) is 34.9 Å². The molecule has 0 radical (unpaired) electrons. The number of carbonyl (C=O) groups excluding carboxylic acids is 1. The Morgan fingerprint density at radius 3 is 2.59 bits per heavy atom. The summed E-state index contributed by atoms with van der Waals surface area (Å²) in [7, 11) is 0. The van der Waals surface area contributed by atoms with Gasteiger partial charge in [0.2, 0.25) is 5.91 Å². The second-order valence-electron chi connectivity index (χ2n) is 6.61. The molecule has 1 aliphatic rings. The highest BCUT2D eigenvalue weighted by Crippen LogP contribution is 2.42. The second kappa shape index (κ2) is 6.96. The molecule has 3 unspecified atom stereocenters. The fourth-order valence-electron chi connectivity index (χ4n) is 3.41. The summed E-state index contributed by atoms with van der Waals surface area (Å²) >= 11 is 0. The van der Waals surface area contributed by atoms with Gasteiger partial charge in [0, 0.05) is 0 Å². The summed E-state index contributed by atoms with van der Waals surface area (Å²) in [5, 5.41) is 12.5. The molecule has 1 aromatic carbocycles. The summed E-state index contributed by atoms with van der Waals surface area (Å²) in [5.41, 5.74) is 3.51. The molecule has 1 aromatic rings. The van der Waals surface area contributed by atoms with Crippen molar-refractivity contribution in [3.8, 4) is 6.07 Å². The van der Waals surface area contributed by atoms with Crippen molar-refractivity contribution in [2.45, 2.75) is 53.0 Å². The van der Waals surface area contributed by atoms with Gasteiger partial charge in [0.15, 0.2) is 0 Å². The van der Waals surface area contributed by atoms with E-state index in [4.69, 9.17) is 0 Å².